The van der Waals surface area contributed by atoms with E-state index in [4.69, 9.17) is 4.74 Å². The van der Waals surface area contributed by atoms with E-state index in [2.05, 4.69) is 22.4 Å². The maximum absolute atomic E-state index is 12.3. The van der Waals surface area contributed by atoms with Crippen molar-refractivity contribution in [1.29, 1.82) is 0 Å². The Morgan fingerprint density at radius 2 is 1.79 bits per heavy atom. The molecule has 0 heterocycles. The van der Waals surface area contributed by atoms with Crippen molar-refractivity contribution >= 4 is 30.1 Å². The molecule has 6 heteroatoms. The number of carbonyl (C=O) groups excluding carboxylic acids is 1. The van der Waals surface area contributed by atoms with Gasteiger partial charge in [0, 0.05) is 18.0 Å². The number of ether oxygens (including phenoxy) is 1. The molecular weight excluding hydrogens is 374 g/mol. The molecule has 0 saturated carbocycles. The number of hydrazone groups is 1. The van der Waals surface area contributed by atoms with E-state index in [0.29, 0.717) is 5.56 Å². The number of allylic oxidation sites excluding steroid dienone is 1. The van der Waals surface area contributed by atoms with Crippen LogP contribution in [0.3, 0.4) is 0 Å². The maximum Gasteiger partial charge on any atom is 0.271 e. The minimum absolute atomic E-state index is 0. The molecule has 0 aromatic heterocycles. The van der Waals surface area contributed by atoms with Crippen LogP contribution in [-0.2, 0) is 0 Å². The zero-order valence-electron chi connectivity index (χ0n) is 16.8. The van der Waals surface area contributed by atoms with Crippen molar-refractivity contribution in [2.24, 2.45) is 11.0 Å². The number of methoxy groups -OCH3 is 1. The summed E-state index contributed by atoms with van der Waals surface area (Å²) >= 11 is 0. The molecule has 1 N–H and O–H groups in total. The Kier molecular flexibility index (Phi) is 9.99. The Morgan fingerprint density at radius 3 is 2.36 bits per heavy atom. The van der Waals surface area contributed by atoms with Crippen LogP contribution in [0.5, 0.6) is 5.75 Å². The van der Waals surface area contributed by atoms with Gasteiger partial charge >= 0.3 is 0 Å². The highest BCUT2D eigenvalue weighted by molar-refractivity contribution is 6.01. The standard InChI is InChI=1S/C22H27N3O2.ClH/c1-17(16-25(2)3)21(15-12-18-10-13-20(27-4)14-11-18)23-24-22(26)19-8-6-5-7-9-19;/h5-15,17H,16H2,1-4H3,(H,24,26);1H. The van der Waals surface area contributed by atoms with Crippen LogP contribution < -0.4 is 10.2 Å². The highest BCUT2D eigenvalue weighted by atomic mass is 35.5. The predicted molar refractivity (Wildman–Crippen MR) is 118 cm³/mol. The summed E-state index contributed by atoms with van der Waals surface area (Å²) in [5.74, 6) is 0.755. The molecule has 0 bridgehead atoms. The normalized spacial score (nSPS) is 12.5. The van der Waals surface area contributed by atoms with E-state index >= 15 is 0 Å². The molecule has 150 valence electrons. The summed E-state index contributed by atoms with van der Waals surface area (Å²) in [6.45, 7) is 2.92. The average Bonchev–Trinajstić information content (AvgIpc) is 2.68. The molecule has 2 rings (SSSR count). The molecule has 0 radical (unpaired) electrons. The third kappa shape index (κ3) is 7.55. The number of hydrogen-bond donors (Lipinski definition) is 1. The summed E-state index contributed by atoms with van der Waals surface area (Å²) in [6.07, 6.45) is 3.93. The van der Waals surface area contributed by atoms with Crippen molar-refractivity contribution in [2.75, 3.05) is 27.7 Å². The second-order valence-corrected chi connectivity index (χ2v) is 6.61. The number of rotatable bonds is 8. The largest absolute Gasteiger partial charge is 0.497 e. The summed E-state index contributed by atoms with van der Waals surface area (Å²) in [7, 11) is 5.68. The van der Waals surface area contributed by atoms with E-state index in [1.165, 1.54) is 0 Å². The van der Waals surface area contributed by atoms with Crippen LogP contribution >= 0.6 is 12.4 Å². The quantitative estimate of drug-likeness (QED) is 0.534. The molecule has 0 aliphatic carbocycles. The van der Waals surface area contributed by atoms with Crippen molar-refractivity contribution in [2.45, 2.75) is 6.92 Å². The number of carbonyl (C=O) groups is 1. The summed E-state index contributed by atoms with van der Waals surface area (Å²) in [6, 6.07) is 16.9. The summed E-state index contributed by atoms with van der Waals surface area (Å²) < 4.78 is 5.18. The Morgan fingerprint density at radius 1 is 1.14 bits per heavy atom. The molecule has 5 nitrogen and oxygen atoms in total. The third-order valence-corrected chi connectivity index (χ3v) is 4.03. The van der Waals surface area contributed by atoms with Gasteiger partial charge < -0.3 is 9.64 Å². The van der Waals surface area contributed by atoms with Gasteiger partial charge in [-0.15, -0.1) is 12.4 Å². The molecular formula is C22H28ClN3O2. The monoisotopic (exact) mass is 401 g/mol. The fraction of sp³-hybridized carbons (Fsp3) is 0.273. The molecule has 1 amide bonds. The fourth-order valence-corrected chi connectivity index (χ4v) is 2.62. The molecule has 0 spiro atoms. The first-order chi connectivity index (χ1) is 13.0. The molecule has 0 aliphatic heterocycles. The minimum atomic E-state index is -0.219. The smallest absolute Gasteiger partial charge is 0.271 e. The molecule has 0 fully saturated rings. The van der Waals surface area contributed by atoms with Gasteiger partial charge in [0.2, 0.25) is 0 Å². The SMILES string of the molecule is COc1ccc(C=CC(=NNC(=O)c2ccccc2)C(C)CN(C)C)cc1.Cl. The first-order valence-corrected chi connectivity index (χ1v) is 8.89. The van der Waals surface area contributed by atoms with Gasteiger partial charge in [0.25, 0.3) is 5.91 Å². The van der Waals surface area contributed by atoms with E-state index < -0.39 is 0 Å². The second kappa shape index (κ2) is 12.0. The number of hydrogen-bond acceptors (Lipinski definition) is 4. The average molecular weight is 402 g/mol. The summed E-state index contributed by atoms with van der Waals surface area (Å²) in [5, 5.41) is 4.38. The van der Waals surface area contributed by atoms with Crippen molar-refractivity contribution in [1.82, 2.24) is 10.3 Å². The molecule has 1 unspecified atom stereocenters. The van der Waals surface area contributed by atoms with Gasteiger partial charge in [0.15, 0.2) is 0 Å². The van der Waals surface area contributed by atoms with Crippen LogP contribution in [-0.4, -0.2) is 44.3 Å². The van der Waals surface area contributed by atoms with Gasteiger partial charge in [-0.25, -0.2) is 5.43 Å². The summed E-state index contributed by atoms with van der Waals surface area (Å²) in [4.78, 5) is 14.4. The first kappa shape index (κ1) is 23.4. The van der Waals surface area contributed by atoms with E-state index in [0.717, 1.165) is 23.6 Å². The summed E-state index contributed by atoms with van der Waals surface area (Å²) in [5.41, 5.74) is 5.10. The number of amides is 1. The first-order valence-electron chi connectivity index (χ1n) is 8.89. The molecule has 1 atom stereocenters. The predicted octanol–water partition coefficient (Wildman–Crippen LogP) is 4.11. The van der Waals surface area contributed by atoms with E-state index in [-0.39, 0.29) is 24.2 Å². The number of halogens is 1. The lowest BCUT2D eigenvalue weighted by Gasteiger charge is -2.17. The molecule has 2 aromatic rings. The number of benzene rings is 2. The molecule has 28 heavy (non-hydrogen) atoms. The fourth-order valence-electron chi connectivity index (χ4n) is 2.62. The van der Waals surface area contributed by atoms with E-state index in [1.807, 2.05) is 68.7 Å². The van der Waals surface area contributed by atoms with Crippen molar-refractivity contribution in [3.63, 3.8) is 0 Å². The van der Waals surface area contributed by atoms with E-state index in [1.54, 1.807) is 19.2 Å². The van der Waals surface area contributed by atoms with Crippen molar-refractivity contribution < 1.29 is 9.53 Å². The van der Waals surface area contributed by atoms with E-state index in [9.17, 15) is 4.79 Å². The Labute approximate surface area is 173 Å². The molecule has 2 aromatic carbocycles. The lowest BCUT2D eigenvalue weighted by molar-refractivity contribution is 0.0954. The Hall–Kier alpha value is -2.63. The van der Waals surface area contributed by atoms with Gasteiger partial charge in [-0.2, -0.15) is 5.10 Å². The van der Waals surface area contributed by atoms with Gasteiger partial charge in [0.1, 0.15) is 5.75 Å². The lowest BCUT2D eigenvalue weighted by Crippen LogP contribution is -2.27. The van der Waals surface area contributed by atoms with Crippen LogP contribution in [0.2, 0.25) is 0 Å². The molecule has 0 saturated heterocycles. The maximum atomic E-state index is 12.3. The highest BCUT2D eigenvalue weighted by Gasteiger charge is 2.11. The Balaban J connectivity index is 0.00000392. The second-order valence-electron chi connectivity index (χ2n) is 6.61. The van der Waals surface area contributed by atoms with Gasteiger partial charge in [0.05, 0.1) is 12.8 Å². The van der Waals surface area contributed by atoms with Gasteiger partial charge in [-0.1, -0.05) is 43.3 Å². The third-order valence-electron chi connectivity index (χ3n) is 4.03. The van der Waals surface area contributed by atoms with Crippen LogP contribution in [0.1, 0.15) is 22.8 Å². The topological polar surface area (TPSA) is 53.9 Å². The van der Waals surface area contributed by atoms with Gasteiger partial charge in [-0.3, -0.25) is 4.79 Å². The van der Waals surface area contributed by atoms with Gasteiger partial charge in [-0.05, 0) is 50.0 Å². The van der Waals surface area contributed by atoms with Crippen LogP contribution in [0.4, 0.5) is 0 Å². The highest BCUT2D eigenvalue weighted by Crippen LogP contribution is 2.13. The molecule has 0 aliphatic rings. The van der Waals surface area contributed by atoms with Crippen LogP contribution in [0.25, 0.3) is 6.08 Å². The zero-order valence-corrected chi connectivity index (χ0v) is 17.6. The lowest BCUT2D eigenvalue weighted by atomic mass is 10.0. The number of nitrogens with one attached hydrogen (secondary N) is 1. The minimum Gasteiger partial charge on any atom is -0.497 e. The number of nitrogens with zero attached hydrogens (tertiary/aromatic N) is 2. The van der Waals surface area contributed by atoms with Crippen LogP contribution in [0, 0.1) is 5.92 Å². The van der Waals surface area contributed by atoms with Crippen molar-refractivity contribution in [3.8, 4) is 5.75 Å². The zero-order chi connectivity index (χ0) is 19.6. The van der Waals surface area contributed by atoms with Crippen LogP contribution in [0.15, 0.2) is 65.8 Å². The van der Waals surface area contributed by atoms with Crippen molar-refractivity contribution in [3.05, 3.63) is 71.8 Å². The Bertz CT molecular complexity index is 787.